The van der Waals surface area contributed by atoms with E-state index in [1.54, 1.807) is 54.7 Å². The number of carbonyl (C=O) groups is 1. The maximum atomic E-state index is 13.3. The number of fused-ring (bicyclic) bond motifs is 1. The number of aryl methyl sites for hydroxylation is 1. The van der Waals surface area contributed by atoms with Crippen molar-refractivity contribution in [1.82, 2.24) is 5.43 Å². The number of hydrogen-bond donors (Lipinski definition) is 2. The number of hydrogen-bond acceptors (Lipinski definition) is 4. The molecule has 4 rings (SSSR count). The highest BCUT2D eigenvalue weighted by atomic mass is 16.3. The van der Waals surface area contributed by atoms with E-state index in [-0.39, 0.29) is 5.54 Å². The van der Waals surface area contributed by atoms with Gasteiger partial charge >= 0.3 is 0 Å². The smallest absolute Gasteiger partial charge is 0.281 e. The van der Waals surface area contributed by atoms with Crippen LogP contribution < -0.4 is 10.3 Å². The van der Waals surface area contributed by atoms with Gasteiger partial charge in [0.1, 0.15) is 0 Å². The first kappa shape index (κ1) is 23.7. The maximum absolute atomic E-state index is 13.3. The molecule has 5 nitrogen and oxygen atoms in total. The molecule has 1 atom stereocenters. The molecule has 0 saturated heterocycles. The largest absolute Gasteiger partial charge is 0.372 e. The molecule has 5 heteroatoms. The molecule has 0 spiro atoms. The van der Waals surface area contributed by atoms with E-state index in [9.17, 15) is 9.90 Å². The van der Waals surface area contributed by atoms with Crippen molar-refractivity contribution < 1.29 is 9.90 Å². The van der Waals surface area contributed by atoms with Crippen LogP contribution in [0, 0.1) is 6.92 Å². The van der Waals surface area contributed by atoms with Crippen molar-refractivity contribution in [2.24, 2.45) is 5.10 Å². The first-order valence-corrected chi connectivity index (χ1v) is 11.7. The highest BCUT2D eigenvalue weighted by Crippen LogP contribution is 2.43. The van der Waals surface area contributed by atoms with Gasteiger partial charge in [0, 0.05) is 18.3 Å². The number of nitrogens with zero attached hydrogens (tertiary/aromatic N) is 2. The van der Waals surface area contributed by atoms with Gasteiger partial charge in [-0.2, -0.15) is 5.10 Å². The van der Waals surface area contributed by atoms with Crippen LogP contribution in [0.3, 0.4) is 0 Å². The van der Waals surface area contributed by atoms with E-state index in [1.165, 1.54) is 11.3 Å². The first-order valence-electron chi connectivity index (χ1n) is 11.7. The fourth-order valence-electron chi connectivity index (χ4n) is 4.90. The second kappa shape index (κ2) is 9.07. The minimum atomic E-state index is -1.85. The Morgan fingerprint density at radius 1 is 1.09 bits per heavy atom. The van der Waals surface area contributed by atoms with Gasteiger partial charge in [-0.05, 0) is 73.1 Å². The molecule has 1 aliphatic heterocycles. The minimum Gasteiger partial charge on any atom is -0.372 e. The van der Waals surface area contributed by atoms with Crippen LogP contribution in [0.25, 0.3) is 0 Å². The highest BCUT2D eigenvalue weighted by molar-refractivity contribution is 5.91. The van der Waals surface area contributed by atoms with Gasteiger partial charge in [-0.3, -0.25) is 4.79 Å². The zero-order valence-corrected chi connectivity index (χ0v) is 20.5. The fraction of sp³-hybridized carbons (Fsp3) is 0.310. The lowest BCUT2D eigenvalue weighted by Gasteiger charge is -2.45. The lowest BCUT2D eigenvalue weighted by Crippen LogP contribution is -2.45. The summed E-state index contributed by atoms with van der Waals surface area (Å²) in [4.78, 5) is 15.6. The number of aliphatic hydroxyl groups is 1. The Labute approximate surface area is 202 Å². The molecule has 0 fully saturated rings. The maximum Gasteiger partial charge on any atom is 0.281 e. The van der Waals surface area contributed by atoms with Gasteiger partial charge in [-0.15, -0.1) is 0 Å². The number of hydrazone groups is 1. The Kier molecular flexibility index (Phi) is 6.32. The van der Waals surface area contributed by atoms with Crippen LogP contribution in [0.1, 0.15) is 60.9 Å². The number of anilines is 1. The van der Waals surface area contributed by atoms with Gasteiger partial charge < -0.3 is 10.0 Å². The third-order valence-electron chi connectivity index (χ3n) is 7.10. The Balaban J connectivity index is 1.62. The summed E-state index contributed by atoms with van der Waals surface area (Å²) in [5, 5.41) is 15.8. The summed E-state index contributed by atoms with van der Waals surface area (Å²) in [7, 11) is 2.14. The van der Waals surface area contributed by atoms with E-state index in [0.717, 1.165) is 17.5 Å². The van der Waals surface area contributed by atoms with E-state index in [0.29, 0.717) is 17.0 Å². The first-order chi connectivity index (χ1) is 16.1. The van der Waals surface area contributed by atoms with Crippen LogP contribution in [0.2, 0.25) is 0 Å². The number of benzene rings is 3. The standard InChI is InChI=1S/C29H33N3O2/c1-20-16-26-25(21(2)18-28(3,4)32(26)5)17-22(20)19-30-31-27(33)29(34,23-12-8-6-9-13-23)24-14-10-7-11-15-24/h6-17,19,21,34H,18H2,1-5H3,(H,31,33)/b30-19-/t21-/m1/s1. The zero-order chi connectivity index (χ0) is 24.5. The summed E-state index contributed by atoms with van der Waals surface area (Å²) in [5.74, 6) is -0.184. The van der Waals surface area contributed by atoms with E-state index in [1.807, 2.05) is 19.1 Å². The monoisotopic (exact) mass is 455 g/mol. The lowest BCUT2D eigenvalue weighted by atomic mass is 9.79. The van der Waals surface area contributed by atoms with Gasteiger partial charge in [0.25, 0.3) is 5.91 Å². The molecule has 34 heavy (non-hydrogen) atoms. The van der Waals surface area contributed by atoms with Gasteiger partial charge in [0.2, 0.25) is 0 Å². The van der Waals surface area contributed by atoms with Crippen LogP contribution in [0.5, 0.6) is 0 Å². The third kappa shape index (κ3) is 4.24. The summed E-state index contributed by atoms with van der Waals surface area (Å²) in [6.45, 7) is 8.85. The quantitative estimate of drug-likeness (QED) is 0.415. The van der Waals surface area contributed by atoms with E-state index in [2.05, 4.69) is 55.4 Å². The lowest BCUT2D eigenvalue weighted by molar-refractivity contribution is -0.136. The number of carbonyl (C=O) groups excluding carboxylic acids is 1. The van der Waals surface area contributed by atoms with Crippen molar-refractivity contribution in [2.75, 3.05) is 11.9 Å². The Morgan fingerprint density at radius 2 is 1.65 bits per heavy atom. The molecule has 0 saturated carbocycles. The molecular weight excluding hydrogens is 422 g/mol. The minimum absolute atomic E-state index is 0.0990. The van der Waals surface area contributed by atoms with Crippen LogP contribution >= 0.6 is 0 Å². The van der Waals surface area contributed by atoms with Crippen molar-refractivity contribution >= 4 is 17.8 Å². The second-order valence-electron chi connectivity index (χ2n) is 9.89. The molecular formula is C29H33N3O2. The summed E-state index contributed by atoms with van der Waals surface area (Å²) in [6.07, 6.45) is 2.73. The summed E-state index contributed by atoms with van der Waals surface area (Å²) in [6, 6.07) is 22.2. The average Bonchev–Trinajstić information content (AvgIpc) is 2.83. The molecule has 3 aromatic carbocycles. The normalized spacial score (nSPS) is 17.5. The molecule has 3 aromatic rings. The van der Waals surface area contributed by atoms with Gasteiger partial charge in [-0.1, -0.05) is 67.6 Å². The van der Waals surface area contributed by atoms with Crippen molar-refractivity contribution in [3.8, 4) is 0 Å². The van der Waals surface area contributed by atoms with E-state index >= 15 is 0 Å². The fourth-order valence-corrected chi connectivity index (χ4v) is 4.90. The SMILES string of the molecule is Cc1cc2c(cc1/C=N\NC(=O)C(O)(c1ccccc1)c1ccccc1)[C@H](C)CC(C)(C)N2C. The van der Waals surface area contributed by atoms with E-state index in [4.69, 9.17) is 0 Å². The molecule has 0 aliphatic carbocycles. The topological polar surface area (TPSA) is 64.9 Å². The molecule has 0 aromatic heterocycles. The van der Waals surface area contributed by atoms with Gasteiger partial charge in [-0.25, -0.2) is 5.43 Å². The average molecular weight is 456 g/mol. The number of nitrogens with one attached hydrogen (secondary N) is 1. The van der Waals surface area contributed by atoms with Crippen molar-refractivity contribution in [2.45, 2.75) is 51.2 Å². The second-order valence-corrected chi connectivity index (χ2v) is 9.89. The predicted molar refractivity (Wildman–Crippen MR) is 138 cm³/mol. The highest BCUT2D eigenvalue weighted by Gasteiger charge is 2.40. The third-order valence-corrected chi connectivity index (χ3v) is 7.10. The van der Waals surface area contributed by atoms with Gasteiger partial charge in [0.05, 0.1) is 6.21 Å². The molecule has 0 bridgehead atoms. The molecule has 1 amide bonds. The van der Waals surface area contributed by atoms with Crippen molar-refractivity contribution in [1.29, 1.82) is 0 Å². The number of amides is 1. The van der Waals surface area contributed by atoms with E-state index < -0.39 is 11.5 Å². The Bertz CT molecular complexity index is 1160. The molecule has 2 N–H and O–H groups in total. The summed E-state index contributed by atoms with van der Waals surface area (Å²) in [5.41, 5.74) is 6.34. The predicted octanol–water partition coefficient (Wildman–Crippen LogP) is 5.10. The van der Waals surface area contributed by atoms with Gasteiger partial charge in [0.15, 0.2) is 5.60 Å². The van der Waals surface area contributed by atoms with Crippen LogP contribution in [0.4, 0.5) is 5.69 Å². The summed E-state index contributed by atoms with van der Waals surface area (Å²) >= 11 is 0. The summed E-state index contributed by atoms with van der Waals surface area (Å²) < 4.78 is 0. The Morgan fingerprint density at radius 3 is 2.21 bits per heavy atom. The molecule has 176 valence electrons. The van der Waals surface area contributed by atoms with Crippen molar-refractivity contribution in [3.05, 3.63) is 101 Å². The van der Waals surface area contributed by atoms with Crippen molar-refractivity contribution in [3.63, 3.8) is 0 Å². The Hall–Kier alpha value is -3.44. The molecule has 0 radical (unpaired) electrons. The van der Waals surface area contributed by atoms with Crippen LogP contribution in [0.15, 0.2) is 77.9 Å². The van der Waals surface area contributed by atoms with Crippen LogP contribution in [-0.4, -0.2) is 29.8 Å². The molecule has 1 heterocycles. The molecule has 0 unspecified atom stereocenters. The zero-order valence-electron chi connectivity index (χ0n) is 20.5. The van der Waals surface area contributed by atoms with Crippen LogP contribution in [-0.2, 0) is 10.4 Å². The molecule has 1 aliphatic rings. The number of rotatable bonds is 5.